The highest BCUT2D eigenvalue weighted by Crippen LogP contribution is 2.38. The fourth-order valence-corrected chi connectivity index (χ4v) is 5.19. The SMILES string of the molecule is O=C(Nc1ccccc1)C1=C[C@H](C2CCCS2)C[C@H](OCc2ccc(CO)cc2)O1. The third kappa shape index (κ3) is 5.45. The highest BCUT2D eigenvalue weighted by molar-refractivity contribution is 8.00. The summed E-state index contributed by atoms with van der Waals surface area (Å²) in [6, 6.07) is 17.1. The second kappa shape index (κ2) is 10.2. The Morgan fingerprint density at radius 3 is 2.60 bits per heavy atom. The van der Waals surface area contributed by atoms with E-state index in [1.54, 1.807) is 0 Å². The molecule has 6 heteroatoms. The van der Waals surface area contributed by atoms with Crippen LogP contribution in [-0.4, -0.2) is 28.3 Å². The average Bonchev–Trinajstić information content (AvgIpc) is 3.34. The van der Waals surface area contributed by atoms with Crippen molar-refractivity contribution in [3.05, 3.63) is 77.6 Å². The average molecular weight is 426 g/mol. The molecule has 1 unspecified atom stereocenters. The molecule has 0 aliphatic carbocycles. The molecule has 2 aromatic rings. The van der Waals surface area contributed by atoms with Crippen molar-refractivity contribution in [2.75, 3.05) is 11.1 Å². The first-order chi connectivity index (χ1) is 14.7. The molecule has 2 heterocycles. The van der Waals surface area contributed by atoms with E-state index in [4.69, 9.17) is 9.47 Å². The van der Waals surface area contributed by atoms with Gasteiger partial charge in [0.2, 0.25) is 6.29 Å². The van der Waals surface area contributed by atoms with Crippen molar-refractivity contribution in [2.24, 2.45) is 5.92 Å². The van der Waals surface area contributed by atoms with Crippen LogP contribution in [0.2, 0.25) is 0 Å². The molecular formula is C24H27NO4S. The van der Waals surface area contributed by atoms with Crippen molar-refractivity contribution >= 4 is 23.4 Å². The van der Waals surface area contributed by atoms with Crippen molar-refractivity contribution in [2.45, 2.75) is 44.0 Å². The molecule has 0 aromatic heterocycles. The molecule has 4 rings (SSSR count). The van der Waals surface area contributed by atoms with Crippen LogP contribution in [0.1, 0.15) is 30.4 Å². The molecular weight excluding hydrogens is 398 g/mol. The lowest BCUT2D eigenvalue weighted by Gasteiger charge is -2.31. The highest BCUT2D eigenvalue weighted by atomic mass is 32.2. The van der Waals surface area contributed by atoms with Gasteiger partial charge in [-0.15, -0.1) is 0 Å². The van der Waals surface area contributed by atoms with Gasteiger partial charge in [-0.3, -0.25) is 4.79 Å². The smallest absolute Gasteiger partial charge is 0.290 e. The topological polar surface area (TPSA) is 67.8 Å². The van der Waals surface area contributed by atoms with Crippen LogP contribution in [0.3, 0.4) is 0 Å². The van der Waals surface area contributed by atoms with E-state index in [2.05, 4.69) is 5.32 Å². The fraction of sp³-hybridized carbons (Fsp3) is 0.375. The van der Waals surface area contributed by atoms with Gasteiger partial charge in [0.05, 0.1) is 13.2 Å². The summed E-state index contributed by atoms with van der Waals surface area (Å²) < 4.78 is 12.0. The van der Waals surface area contributed by atoms with E-state index < -0.39 is 6.29 Å². The van der Waals surface area contributed by atoms with Crippen molar-refractivity contribution in [1.82, 2.24) is 0 Å². The summed E-state index contributed by atoms with van der Waals surface area (Å²) in [7, 11) is 0. The number of aliphatic hydroxyl groups is 1. The van der Waals surface area contributed by atoms with Crippen LogP contribution in [0.25, 0.3) is 0 Å². The van der Waals surface area contributed by atoms with Crippen LogP contribution in [0.15, 0.2) is 66.4 Å². The molecule has 2 N–H and O–H groups in total. The summed E-state index contributed by atoms with van der Waals surface area (Å²) in [5.74, 6) is 1.52. The van der Waals surface area contributed by atoms with Crippen LogP contribution in [0.4, 0.5) is 5.69 Å². The molecule has 5 nitrogen and oxygen atoms in total. The van der Waals surface area contributed by atoms with Crippen molar-refractivity contribution in [3.63, 3.8) is 0 Å². The van der Waals surface area contributed by atoms with Gasteiger partial charge in [-0.25, -0.2) is 0 Å². The molecule has 0 saturated carbocycles. The number of amides is 1. The Morgan fingerprint density at radius 1 is 1.13 bits per heavy atom. The minimum Gasteiger partial charge on any atom is -0.459 e. The monoisotopic (exact) mass is 425 g/mol. The zero-order valence-corrected chi connectivity index (χ0v) is 17.6. The van der Waals surface area contributed by atoms with E-state index in [1.165, 1.54) is 12.2 Å². The second-order valence-corrected chi connectivity index (χ2v) is 8.98. The third-order valence-electron chi connectivity index (χ3n) is 5.43. The molecule has 30 heavy (non-hydrogen) atoms. The number of ether oxygens (including phenoxy) is 2. The summed E-state index contributed by atoms with van der Waals surface area (Å²) >= 11 is 1.98. The first kappa shape index (κ1) is 21.0. The first-order valence-corrected chi connectivity index (χ1v) is 11.4. The quantitative estimate of drug-likeness (QED) is 0.685. The maximum atomic E-state index is 12.8. The van der Waals surface area contributed by atoms with Crippen LogP contribution in [0, 0.1) is 5.92 Å². The lowest BCUT2D eigenvalue weighted by molar-refractivity contribution is -0.150. The normalized spacial score (nSPS) is 23.5. The van der Waals surface area contributed by atoms with Crippen LogP contribution < -0.4 is 5.32 Å². The number of carbonyl (C=O) groups excluding carboxylic acids is 1. The number of allylic oxidation sites excluding steroid dienone is 1. The number of carbonyl (C=O) groups is 1. The summed E-state index contributed by atoms with van der Waals surface area (Å²) in [5.41, 5.74) is 2.62. The Balaban J connectivity index is 1.43. The van der Waals surface area contributed by atoms with E-state index in [1.807, 2.05) is 72.4 Å². The van der Waals surface area contributed by atoms with Gasteiger partial charge in [-0.05, 0) is 53.8 Å². The van der Waals surface area contributed by atoms with Gasteiger partial charge in [-0.2, -0.15) is 11.8 Å². The van der Waals surface area contributed by atoms with Crippen LogP contribution in [-0.2, 0) is 27.5 Å². The zero-order chi connectivity index (χ0) is 20.8. The fourth-order valence-electron chi connectivity index (χ4n) is 3.79. The largest absolute Gasteiger partial charge is 0.459 e. The molecule has 1 saturated heterocycles. The Labute approximate surface area is 181 Å². The Morgan fingerprint density at radius 2 is 1.90 bits per heavy atom. The van der Waals surface area contributed by atoms with E-state index in [0.29, 0.717) is 17.6 Å². The number of anilines is 1. The molecule has 3 atom stereocenters. The van der Waals surface area contributed by atoms with Gasteiger partial charge in [0.25, 0.3) is 5.91 Å². The first-order valence-electron chi connectivity index (χ1n) is 10.4. The number of para-hydroxylation sites is 1. The number of thioether (sulfide) groups is 1. The maximum absolute atomic E-state index is 12.8. The molecule has 158 valence electrons. The predicted molar refractivity (Wildman–Crippen MR) is 119 cm³/mol. The molecule has 2 aliphatic rings. The number of rotatable bonds is 7. The Hall–Kier alpha value is -2.28. The molecule has 0 spiro atoms. The van der Waals surface area contributed by atoms with E-state index in [0.717, 1.165) is 29.7 Å². The maximum Gasteiger partial charge on any atom is 0.290 e. The van der Waals surface area contributed by atoms with Crippen LogP contribution in [0.5, 0.6) is 0 Å². The number of hydrogen-bond donors (Lipinski definition) is 2. The molecule has 1 amide bonds. The molecule has 1 fully saturated rings. The Bertz CT molecular complexity index is 863. The molecule has 0 radical (unpaired) electrons. The zero-order valence-electron chi connectivity index (χ0n) is 16.8. The summed E-state index contributed by atoms with van der Waals surface area (Å²) in [6.07, 6.45) is 4.64. The summed E-state index contributed by atoms with van der Waals surface area (Å²) in [5, 5.41) is 12.6. The number of benzene rings is 2. The second-order valence-electron chi connectivity index (χ2n) is 7.64. The summed E-state index contributed by atoms with van der Waals surface area (Å²) in [6.45, 7) is 0.423. The van der Waals surface area contributed by atoms with Gasteiger partial charge in [-0.1, -0.05) is 42.5 Å². The summed E-state index contributed by atoms with van der Waals surface area (Å²) in [4.78, 5) is 12.8. The van der Waals surface area contributed by atoms with E-state index in [9.17, 15) is 9.90 Å². The van der Waals surface area contributed by atoms with E-state index in [-0.39, 0.29) is 18.4 Å². The minimum atomic E-state index is -0.463. The highest BCUT2D eigenvalue weighted by Gasteiger charge is 2.34. The van der Waals surface area contributed by atoms with Gasteiger partial charge >= 0.3 is 0 Å². The lowest BCUT2D eigenvalue weighted by Crippen LogP contribution is -2.32. The standard InChI is InChI=1S/C24H27NO4S/c26-15-17-8-10-18(11-9-17)16-28-23-14-19(22-7-4-12-30-22)13-21(29-23)24(27)25-20-5-2-1-3-6-20/h1-3,5-6,8-11,13,19,22-23,26H,4,7,12,14-16H2,(H,25,27)/t19-,22?,23+/m0/s1. The van der Waals surface area contributed by atoms with Gasteiger partial charge < -0.3 is 19.9 Å². The molecule has 0 bridgehead atoms. The van der Waals surface area contributed by atoms with Gasteiger partial charge in [0.1, 0.15) is 0 Å². The minimum absolute atomic E-state index is 0.0261. The number of hydrogen-bond acceptors (Lipinski definition) is 5. The van der Waals surface area contributed by atoms with Crippen LogP contribution >= 0.6 is 11.8 Å². The number of nitrogens with one attached hydrogen (secondary N) is 1. The van der Waals surface area contributed by atoms with Crippen molar-refractivity contribution in [1.29, 1.82) is 0 Å². The van der Waals surface area contributed by atoms with E-state index >= 15 is 0 Å². The Kier molecular flexibility index (Phi) is 7.10. The lowest BCUT2D eigenvalue weighted by atomic mass is 9.95. The van der Waals surface area contributed by atoms with Crippen molar-refractivity contribution in [3.8, 4) is 0 Å². The molecule has 2 aromatic carbocycles. The third-order valence-corrected chi connectivity index (χ3v) is 6.97. The number of aliphatic hydroxyl groups excluding tert-OH is 1. The van der Waals surface area contributed by atoms with Gasteiger partial charge in [0, 0.05) is 17.4 Å². The van der Waals surface area contributed by atoms with Gasteiger partial charge in [0.15, 0.2) is 5.76 Å². The van der Waals surface area contributed by atoms with Crippen molar-refractivity contribution < 1.29 is 19.4 Å². The molecule has 2 aliphatic heterocycles. The predicted octanol–water partition coefficient (Wildman–Crippen LogP) is 4.48.